The standard InChI is InChI=1S/C18H20/c1-15-12-16(2)14-18(13-15)11-7-6-10-17-8-4-3-5-9-17/h3-6,8-10,12-14H,7,11H2,1-2H3/b10-6+. The van der Waals surface area contributed by atoms with Crippen molar-refractivity contribution in [1.29, 1.82) is 0 Å². The molecule has 0 amide bonds. The maximum atomic E-state index is 2.28. The molecule has 0 aliphatic carbocycles. The van der Waals surface area contributed by atoms with Crippen molar-refractivity contribution in [3.63, 3.8) is 0 Å². The van der Waals surface area contributed by atoms with Crippen molar-refractivity contribution in [3.05, 3.63) is 76.9 Å². The fourth-order valence-corrected chi connectivity index (χ4v) is 2.25. The van der Waals surface area contributed by atoms with E-state index in [0.29, 0.717) is 0 Å². The van der Waals surface area contributed by atoms with Gasteiger partial charge in [-0.05, 0) is 37.8 Å². The molecule has 0 unspecified atom stereocenters. The van der Waals surface area contributed by atoms with E-state index in [-0.39, 0.29) is 0 Å². The van der Waals surface area contributed by atoms with Crippen LogP contribution in [0.4, 0.5) is 0 Å². The number of rotatable bonds is 4. The van der Waals surface area contributed by atoms with Crippen LogP contribution in [0.2, 0.25) is 0 Å². The average Bonchev–Trinajstić information content (AvgIpc) is 2.35. The van der Waals surface area contributed by atoms with Gasteiger partial charge >= 0.3 is 0 Å². The first kappa shape index (κ1) is 12.6. The summed E-state index contributed by atoms with van der Waals surface area (Å²) in [5, 5.41) is 0. The highest BCUT2D eigenvalue weighted by atomic mass is 14.0. The minimum Gasteiger partial charge on any atom is -0.0836 e. The predicted molar refractivity (Wildman–Crippen MR) is 79.7 cm³/mol. The lowest BCUT2D eigenvalue weighted by Crippen LogP contribution is -1.87. The van der Waals surface area contributed by atoms with Crippen LogP contribution in [0.5, 0.6) is 0 Å². The van der Waals surface area contributed by atoms with Gasteiger partial charge in [0, 0.05) is 0 Å². The first-order valence-electron chi connectivity index (χ1n) is 6.53. The smallest absolute Gasteiger partial charge is 0.0244 e. The summed E-state index contributed by atoms with van der Waals surface area (Å²) in [5.41, 5.74) is 5.43. The van der Waals surface area contributed by atoms with E-state index in [1.807, 2.05) is 6.07 Å². The molecular formula is C18H20. The number of allylic oxidation sites excluding steroid dienone is 1. The van der Waals surface area contributed by atoms with Gasteiger partial charge in [-0.1, -0.05) is 71.8 Å². The zero-order valence-corrected chi connectivity index (χ0v) is 11.2. The lowest BCUT2D eigenvalue weighted by atomic mass is 10.0. The van der Waals surface area contributed by atoms with Crippen molar-refractivity contribution >= 4 is 6.08 Å². The second-order valence-electron chi connectivity index (χ2n) is 4.85. The van der Waals surface area contributed by atoms with Crippen LogP contribution in [0.25, 0.3) is 6.08 Å². The lowest BCUT2D eigenvalue weighted by molar-refractivity contribution is 0.999. The van der Waals surface area contributed by atoms with E-state index in [9.17, 15) is 0 Å². The van der Waals surface area contributed by atoms with Crippen molar-refractivity contribution in [1.82, 2.24) is 0 Å². The van der Waals surface area contributed by atoms with E-state index in [0.717, 1.165) is 12.8 Å². The first-order valence-corrected chi connectivity index (χ1v) is 6.53. The zero-order chi connectivity index (χ0) is 12.8. The number of hydrogen-bond donors (Lipinski definition) is 0. The SMILES string of the molecule is Cc1cc(C)cc(CC/C=C/c2ccccc2)c1. The van der Waals surface area contributed by atoms with Gasteiger partial charge in [0.05, 0.1) is 0 Å². The van der Waals surface area contributed by atoms with Crippen molar-refractivity contribution < 1.29 is 0 Å². The van der Waals surface area contributed by atoms with Gasteiger partial charge in [-0.3, -0.25) is 0 Å². The van der Waals surface area contributed by atoms with Gasteiger partial charge in [0.2, 0.25) is 0 Å². The van der Waals surface area contributed by atoms with E-state index < -0.39 is 0 Å². The molecule has 0 fully saturated rings. The fraction of sp³-hybridized carbons (Fsp3) is 0.222. The fourth-order valence-electron chi connectivity index (χ4n) is 2.25. The normalized spacial score (nSPS) is 11.0. The monoisotopic (exact) mass is 236 g/mol. The third-order valence-electron chi connectivity index (χ3n) is 2.99. The van der Waals surface area contributed by atoms with E-state index >= 15 is 0 Å². The first-order chi connectivity index (χ1) is 8.74. The Morgan fingerprint density at radius 1 is 0.889 bits per heavy atom. The second kappa shape index (κ2) is 6.20. The van der Waals surface area contributed by atoms with E-state index in [2.05, 4.69) is 68.5 Å². The van der Waals surface area contributed by atoms with Crippen molar-refractivity contribution in [2.45, 2.75) is 26.7 Å². The Kier molecular flexibility index (Phi) is 4.35. The largest absolute Gasteiger partial charge is 0.0836 e. The van der Waals surface area contributed by atoms with Gasteiger partial charge in [-0.15, -0.1) is 0 Å². The van der Waals surface area contributed by atoms with E-state index in [1.165, 1.54) is 22.3 Å². The Hall–Kier alpha value is -1.82. The molecule has 0 nitrogen and oxygen atoms in total. The van der Waals surface area contributed by atoms with Gasteiger partial charge in [0.1, 0.15) is 0 Å². The highest BCUT2D eigenvalue weighted by Gasteiger charge is 1.94. The molecule has 18 heavy (non-hydrogen) atoms. The van der Waals surface area contributed by atoms with Crippen molar-refractivity contribution in [3.8, 4) is 0 Å². The lowest BCUT2D eigenvalue weighted by Gasteiger charge is -2.03. The molecule has 0 heteroatoms. The third kappa shape index (κ3) is 3.89. The Labute approximate surface area is 110 Å². The van der Waals surface area contributed by atoms with Crippen LogP contribution in [0.1, 0.15) is 28.7 Å². The molecule has 92 valence electrons. The topological polar surface area (TPSA) is 0 Å². The molecule has 0 heterocycles. The summed E-state index contributed by atoms with van der Waals surface area (Å²) in [6, 6.07) is 17.2. The minimum absolute atomic E-state index is 1.10. The Morgan fingerprint density at radius 2 is 1.56 bits per heavy atom. The van der Waals surface area contributed by atoms with Crippen LogP contribution in [0.3, 0.4) is 0 Å². The van der Waals surface area contributed by atoms with Gasteiger partial charge in [-0.25, -0.2) is 0 Å². The molecule has 2 rings (SSSR count). The summed E-state index contributed by atoms with van der Waals surface area (Å²) in [6.07, 6.45) is 6.67. The maximum absolute atomic E-state index is 2.28. The summed E-state index contributed by atoms with van der Waals surface area (Å²) in [6.45, 7) is 4.33. The van der Waals surface area contributed by atoms with Crippen LogP contribution in [-0.2, 0) is 6.42 Å². The predicted octanol–water partition coefficient (Wildman–Crippen LogP) is 4.95. The van der Waals surface area contributed by atoms with E-state index in [1.54, 1.807) is 0 Å². The highest BCUT2D eigenvalue weighted by Crippen LogP contribution is 2.11. The van der Waals surface area contributed by atoms with Gasteiger partial charge in [0.25, 0.3) is 0 Å². The molecule has 0 atom stereocenters. The second-order valence-corrected chi connectivity index (χ2v) is 4.85. The molecule has 0 saturated heterocycles. The van der Waals surface area contributed by atoms with Crippen molar-refractivity contribution in [2.75, 3.05) is 0 Å². The molecule has 2 aromatic rings. The molecule has 0 radical (unpaired) electrons. The highest BCUT2D eigenvalue weighted by molar-refractivity contribution is 5.48. The number of aryl methyl sites for hydroxylation is 3. The number of hydrogen-bond acceptors (Lipinski definition) is 0. The maximum Gasteiger partial charge on any atom is -0.0244 e. The molecule has 2 aromatic carbocycles. The summed E-state index contributed by atoms with van der Waals surface area (Å²) < 4.78 is 0. The average molecular weight is 236 g/mol. The van der Waals surface area contributed by atoms with Crippen LogP contribution in [0.15, 0.2) is 54.6 Å². The molecule has 0 spiro atoms. The molecule has 0 saturated carbocycles. The van der Waals surface area contributed by atoms with Gasteiger partial charge in [-0.2, -0.15) is 0 Å². The molecule has 0 aromatic heterocycles. The van der Waals surface area contributed by atoms with Crippen LogP contribution >= 0.6 is 0 Å². The minimum atomic E-state index is 1.10. The van der Waals surface area contributed by atoms with Gasteiger partial charge in [0.15, 0.2) is 0 Å². The number of benzene rings is 2. The molecule has 0 aliphatic rings. The summed E-state index contributed by atoms with van der Waals surface area (Å²) in [7, 11) is 0. The molecular weight excluding hydrogens is 216 g/mol. The van der Waals surface area contributed by atoms with Crippen LogP contribution in [-0.4, -0.2) is 0 Å². The third-order valence-corrected chi connectivity index (χ3v) is 2.99. The quantitative estimate of drug-likeness (QED) is 0.704. The molecule has 0 bridgehead atoms. The Morgan fingerprint density at radius 3 is 2.22 bits per heavy atom. The van der Waals surface area contributed by atoms with Crippen LogP contribution < -0.4 is 0 Å². The molecule has 0 aliphatic heterocycles. The molecule has 0 N–H and O–H groups in total. The van der Waals surface area contributed by atoms with E-state index in [4.69, 9.17) is 0 Å². The summed E-state index contributed by atoms with van der Waals surface area (Å²) in [5.74, 6) is 0. The van der Waals surface area contributed by atoms with Crippen LogP contribution in [0, 0.1) is 13.8 Å². The van der Waals surface area contributed by atoms with Crippen molar-refractivity contribution in [2.24, 2.45) is 0 Å². The summed E-state index contributed by atoms with van der Waals surface area (Å²) in [4.78, 5) is 0. The summed E-state index contributed by atoms with van der Waals surface area (Å²) >= 11 is 0. The Balaban J connectivity index is 1.90. The Bertz CT molecular complexity index is 501. The van der Waals surface area contributed by atoms with Gasteiger partial charge < -0.3 is 0 Å². The zero-order valence-electron chi connectivity index (χ0n) is 11.2.